The largest absolute Gasteiger partial charge is 0.497 e. The van der Waals surface area contributed by atoms with Crippen LogP contribution in [0.3, 0.4) is 0 Å². The summed E-state index contributed by atoms with van der Waals surface area (Å²) in [5.41, 5.74) is 2.72. The normalized spacial score (nSPS) is 10.2. The van der Waals surface area contributed by atoms with Crippen LogP contribution in [0, 0.1) is 6.92 Å². The second-order valence-corrected chi connectivity index (χ2v) is 6.29. The number of rotatable bonds is 8. The molecule has 0 spiro atoms. The summed E-state index contributed by atoms with van der Waals surface area (Å²) in [4.78, 5) is 26.0. The molecule has 0 fully saturated rings. The van der Waals surface area contributed by atoms with Crippen LogP contribution in [0.5, 0.6) is 11.5 Å². The zero-order chi connectivity index (χ0) is 19.8. The first-order valence-electron chi connectivity index (χ1n) is 8.76. The van der Waals surface area contributed by atoms with Gasteiger partial charge < -0.3 is 19.7 Å². The van der Waals surface area contributed by atoms with Crippen LogP contribution in [-0.2, 0) is 16.1 Å². The number of nitrogens with zero attached hydrogens (tertiary/aromatic N) is 1. The minimum Gasteiger partial charge on any atom is -0.497 e. The second kappa shape index (κ2) is 9.62. The van der Waals surface area contributed by atoms with Gasteiger partial charge in [0.2, 0.25) is 11.8 Å². The van der Waals surface area contributed by atoms with E-state index in [4.69, 9.17) is 9.47 Å². The number of methoxy groups -OCH3 is 2. The van der Waals surface area contributed by atoms with E-state index in [1.165, 1.54) is 14.0 Å². The van der Waals surface area contributed by atoms with Crippen LogP contribution < -0.4 is 14.8 Å². The van der Waals surface area contributed by atoms with Gasteiger partial charge in [-0.3, -0.25) is 9.59 Å². The molecule has 2 rings (SSSR count). The quantitative estimate of drug-likeness (QED) is 0.773. The van der Waals surface area contributed by atoms with Gasteiger partial charge >= 0.3 is 0 Å². The van der Waals surface area contributed by atoms with Crippen LogP contribution in [-0.4, -0.2) is 37.5 Å². The molecule has 2 amide bonds. The van der Waals surface area contributed by atoms with E-state index >= 15 is 0 Å². The first-order chi connectivity index (χ1) is 12.9. The highest BCUT2D eigenvalue weighted by Gasteiger charge is 2.14. The Morgan fingerprint density at radius 2 is 1.85 bits per heavy atom. The topological polar surface area (TPSA) is 67.9 Å². The lowest BCUT2D eigenvalue weighted by Crippen LogP contribution is -2.31. The van der Waals surface area contributed by atoms with E-state index in [0.717, 1.165) is 11.1 Å². The van der Waals surface area contributed by atoms with Crippen molar-refractivity contribution in [2.45, 2.75) is 26.8 Å². The summed E-state index contributed by atoms with van der Waals surface area (Å²) in [6, 6.07) is 13.2. The van der Waals surface area contributed by atoms with Crippen molar-refractivity contribution in [2.24, 2.45) is 0 Å². The highest BCUT2D eigenvalue weighted by atomic mass is 16.5. The molecular weight excluding hydrogens is 344 g/mol. The second-order valence-electron chi connectivity index (χ2n) is 6.29. The van der Waals surface area contributed by atoms with Gasteiger partial charge in [0.15, 0.2) is 0 Å². The Bertz CT molecular complexity index is 805. The number of anilines is 1. The third-order valence-corrected chi connectivity index (χ3v) is 4.19. The van der Waals surface area contributed by atoms with Crippen LogP contribution in [0.2, 0.25) is 0 Å². The number of carbonyl (C=O) groups excluding carboxylic acids is 2. The third kappa shape index (κ3) is 6.02. The Morgan fingerprint density at radius 1 is 1.07 bits per heavy atom. The Hall–Kier alpha value is -3.02. The molecule has 2 aromatic rings. The molecule has 2 aromatic carbocycles. The van der Waals surface area contributed by atoms with Gasteiger partial charge in [-0.2, -0.15) is 0 Å². The standard InChI is InChI=1S/C21H26N2O4/c1-15-6-5-7-17(12-15)14-23(16(2)24)11-10-21(25)22-19-13-18(26-3)8-9-20(19)27-4/h5-9,12-13H,10-11,14H2,1-4H3,(H,22,25). The van der Waals surface area contributed by atoms with Gasteiger partial charge in [0, 0.05) is 32.5 Å². The Kier molecular flexibility index (Phi) is 7.23. The van der Waals surface area contributed by atoms with E-state index in [2.05, 4.69) is 5.32 Å². The average Bonchev–Trinajstić information content (AvgIpc) is 2.64. The van der Waals surface area contributed by atoms with Crippen molar-refractivity contribution >= 4 is 17.5 Å². The Balaban J connectivity index is 1.99. The lowest BCUT2D eigenvalue weighted by Gasteiger charge is -2.21. The third-order valence-electron chi connectivity index (χ3n) is 4.19. The number of carbonyl (C=O) groups is 2. The fourth-order valence-electron chi connectivity index (χ4n) is 2.74. The summed E-state index contributed by atoms with van der Waals surface area (Å²) >= 11 is 0. The molecule has 1 N–H and O–H groups in total. The predicted molar refractivity (Wildman–Crippen MR) is 105 cm³/mol. The number of amides is 2. The van der Waals surface area contributed by atoms with E-state index < -0.39 is 0 Å². The van der Waals surface area contributed by atoms with Gasteiger partial charge in [0.05, 0.1) is 19.9 Å². The van der Waals surface area contributed by atoms with Crippen molar-refractivity contribution in [1.82, 2.24) is 4.90 Å². The van der Waals surface area contributed by atoms with Crippen molar-refractivity contribution in [3.05, 3.63) is 53.6 Å². The van der Waals surface area contributed by atoms with Crippen LogP contribution in [0.15, 0.2) is 42.5 Å². The molecule has 0 atom stereocenters. The van der Waals surface area contributed by atoms with Crippen LogP contribution in [0.1, 0.15) is 24.5 Å². The first-order valence-corrected chi connectivity index (χ1v) is 8.76. The maximum absolute atomic E-state index is 12.4. The molecule has 0 saturated carbocycles. The van der Waals surface area contributed by atoms with Gasteiger partial charge in [0.25, 0.3) is 0 Å². The molecular formula is C21H26N2O4. The first kappa shape index (κ1) is 20.3. The van der Waals surface area contributed by atoms with Crippen molar-refractivity contribution < 1.29 is 19.1 Å². The summed E-state index contributed by atoms with van der Waals surface area (Å²) in [6.45, 7) is 4.34. The number of ether oxygens (including phenoxy) is 2. The van der Waals surface area contributed by atoms with Crippen molar-refractivity contribution in [2.75, 3.05) is 26.1 Å². The maximum Gasteiger partial charge on any atom is 0.226 e. The smallest absolute Gasteiger partial charge is 0.226 e. The number of hydrogen-bond donors (Lipinski definition) is 1. The van der Waals surface area contributed by atoms with Crippen LogP contribution in [0.4, 0.5) is 5.69 Å². The van der Waals surface area contributed by atoms with Gasteiger partial charge in [0.1, 0.15) is 11.5 Å². The van der Waals surface area contributed by atoms with Crippen LogP contribution in [0.25, 0.3) is 0 Å². The summed E-state index contributed by atoms with van der Waals surface area (Å²) in [5.74, 6) is 0.906. The number of benzene rings is 2. The van der Waals surface area contributed by atoms with E-state index in [1.807, 2.05) is 31.2 Å². The molecule has 0 aromatic heterocycles. The molecule has 0 aliphatic rings. The predicted octanol–water partition coefficient (Wildman–Crippen LogP) is 3.39. The molecule has 6 heteroatoms. The molecule has 0 bridgehead atoms. The van der Waals surface area contributed by atoms with Gasteiger partial charge in [-0.1, -0.05) is 29.8 Å². The Morgan fingerprint density at radius 3 is 2.48 bits per heavy atom. The molecule has 0 aliphatic heterocycles. The van der Waals surface area contributed by atoms with Crippen LogP contribution >= 0.6 is 0 Å². The molecule has 6 nitrogen and oxygen atoms in total. The summed E-state index contributed by atoms with van der Waals surface area (Å²) < 4.78 is 10.4. The monoisotopic (exact) mass is 370 g/mol. The average molecular weight is 370 g/mol. The molecule has 0 aliphatic carbocycles. The summed E-state index contributed by atoms with van der Waals surface area (Å²) in [6.07, 6.45) is 0.186. The van der Waals surface area contributed by atoms with E-state index in [-0.39, 0.29) is 18.2 Å². The fraction of sp³-hybridized carbons (Fsp3) is 0.333. The lowest BCUT2D eigenvalue weighted by atomic mass is 10.1. The maximum atomic E-state index is 12.4. The van der Waals surface area contributed by atoms with E-state index in [1.54, 1.807) is 30.2 Å². The van der Waals surface area contributed by atoms with Crippen molar-refractivity contribution in [3.63, 3.8) is 0 Å². The number of hydrogen-bond acceptors (Lipinski definition) is 4. The van der Waals surface area contributed by atoms with E-state index in [9.17, 15) is 9.59 Å². The fourth-order valence-corrected chi connectivity index (χ4v) is 2.74. The zero-order valence-electron chi connectivity index (χ0n) is 16.2. The SMILES string of the molecule is COc1ccc(OC)c(NC(=O)CCN(Cc2cccc(C)c2)C(C)=O)c1. The van der Waals surface area contributed by atoms with Gasteiger partial charge in [-0.25, -0.2) is 0 Å². The van der Waals surface area contributed by atoms with E-state index in [0.29, 0.717) is 30.3 Å². The molecule has 0 saturated heterocycles. The number of aryl methyl sites for hydroxylation is 1. The molecule has 27 heavy (non-hydrogen) atoms. The minimum atomic E-state index is -0.197. The molecule has 0 radical (unpaired) electrons. The number of nitrogens with one attached hydrogen (secondary N) is 1. The summed E-state index contributed by atoms with van der Waals surface area (Å²) in [5, 5.41) is 2.82. The highest BCUT2D eigenvalue weighted by Crippen LogP contribution is 2.28. The molecule has 0 heterocycles. The van der Waals surface area contributed by atoms with Gasteiger partial charge in [-0.15, -0.1) is 0 Å². The lowest BCUT2D eigenvalue weighted by molar-refractivity contribution is -0.129. The highest BCUT2D eigenvalue weighted by molar-refractivity contribution is 5.93. The van der Waals surface area contributed by atoms with Crippen molar-refractivity contribution in [1.29, 1.82) is 0 Å². The van der Waals surface area contributed by atoms with Crippen molar-refractivity contribution in [3.8, 4) is 11.5 Å². The molecule has 0 unspecified atom stereocenters. The zero-order valence-corrected chi connectivity index (χ0v) is 16.2. The Labute approximate surface area is 160 Å². The van der Waals surface area contributed by atoms with Gasteiger partial charge in [-0.05, 0) is 24.6 Å². The molecule has 144 valence electrons. The minimum absolute atomic E-state index is 0.0664. The summed E-state index contributed by atoms with van der Waals surface area (Å²) in [7, 11) is 3.10.